The van der Waals surface area contributed by atoms with Gasteiger partial charge in [-0.05, 0) is 6.92 Å². The summed E-state index contributed by atoms with van der Waals surface area (Å²) in [7, 11) is 1.79. The lowest BCUT2D eigenvalue weighted by Crippen LogP contribution is -2.05. The van der Waals surface area contributed by atoms with Crippen molar-refractivity contribution in [3.63, 3.8) is 0 Å². The van der Waals surface area contributed by atoms with Gasteiger partial charge in [-0.15, -0.1) is 0 Å². The molecule has 2 rings (SSSR count). The summed E-state index contributed by atoms with van der Waals surface area (Å²) in [6, 6.07) is 0. The SMILES string of the molecule is Cc1nccn1-c1c(C=O)cnn1C. The summed E-state index contributed by atoms with van der Waals surface area (Å²) in [5.41, 5.74) is 0.564. The largest absolute Gasteiger partial charge is 0.298 e. The molecule has 0 aliphatic rings. The van der Waals surface area contributed by atoms with Crippen LogP contribution in [0.1, 0.15) is 16.2 Å². The maximum absolute atomic E-state index is 10.8. The van der Waals surface area contributed by atoms with Gasteiger partial charge in [-0.2, -0.15) is 5.10 Å². The highest BCUT2D eigenvalue weighted by molar-refractivity contribution is 5.79. The summed E-state index contributed by atoms with van der Waals surface area (Å²) < 4.78 is 3.48. The van der Waals surface area contributed by atoms with Gasteiger partial charge in [-0.1, -0.05) is 0 Å². The van der Waals surface area contributed by atoms with Crippen molar-refractivity contribution in [1.82, 2.24) is 19.3 Å². The number of hydrogen-bond acceptors (Lipinski definition) is 3. The zero-order valence-electron chi connectivity index (χ0n) is 8.01. The van der Waals surface area contributed by atoms with Crippen molar-refractivity contribution in [2.75, 3.05) is 0 Å². The fraction of sp³-hybridized carbons (Fsp3) is 0.222. The molecule has 0 aliphatic heterocycles. The maximum atomic E-state index is 10.8. The van der Waals surface area contributed by atoms with Crippen molar-refractivity contribution in [2.24, 2.45) is 7.05 Å². The summed E-state index contributed by atoms with van der Waals surface area (Å²) in [6.07, 6.45) is 5.83. The van der Waals surface area contributed by atoms with Gasteiger partial charge in [0.25, 0.3) is 0 Å². The molecular weight excluding hydrogens is 180 g/mol. The quantitative estimate of drug-likeness (QED) is 0.656. The topological polar surface area (TPSA) is 52.7 Å². The maximum Gasteiger partial charge on any atom is 0.155 e. The van der Waals surface area contributed by atoms with Crippen LogP contribution in [0.5, 0.6) is 0 Å². The van der Waals surface area contributed by atoms with Crippen LogP contribution >= 0.6 is 0 Å². The Kier molecular flexibility index (Phi) is 1.92. The van der Waals surface area contributed by atoms with E-state index >= 15 is 0 Å². The number of imidazole rings is 1. The predicted octanol–water partition coefficient (Wildman–Crippen LogP) is 0.727. The Morgan fingerprint density at radius 2 is 2.29 bits per heavy atom. The molecule has 2 aromatic rings. The lowest BCUT2D eigenvalue weighted by atomic mass is 10.3. The lowest BCUT2D eigenvalue weighted by Gasteiger charge is -2.05. The molecule has 0 unspecified atom stereocenters. The normalized spacial score (nSPS) is 10.4. The number of rotatable bonds is 2. The van der Waals surface area contributed by atoms with Gasteiger partial charge in [0.1, 0.15) is 11.6 Å². The van der Waals surface area contributed by atoms with Gasteiger partial charge in [-0.3, -0.25) is 14.0 Å². The van der Waals surface area contributed by atoms with Gasteiger partial charge < -0.3 is 0 Å². The van der Waals surface area contributed by atoms with Gasteiger partial charge >= 0.3 is 0 Å². The molecule has 0 bridgehead atoms. The summed E-state index contributed by atoms with van der Waals surface area (Å²) in [5, 5.41) is 4.02. The van der Waals surface area contributed by atoms with E-state index in [1.807, 2.05) is 11.5 Å². The highest BCUT2D eigenvalue weighted by Gasteiger charge is 2.10. The average Bonchev–Trinajstić information content (AvgIpc) is 2.72. The summed E-state index contributed by atoms with van der Waals surface area (Å²) >= 11 is 0. The molecule has 0 atom stereocenters. The Hall–Kier alpha value is -1.91. The van der Waals surface area contributed by atoms with Gasteiger partial charge in [0, 0.05) is 19.4 Å². The second-order valence-corrected chi connectivity index (χ2v) is 3.01. The van der Waals surface area contributed by atoms with Crippen LogP contribution in [0.2, 0.25) is 0 Å². The summed E-state index contributed by atoms with van der Waals surface area (Å²) in [5.74, 6) is 1.58. The molecular formula is C9H10N4O. The number of hydrogen-bond donors (Lipinski definition) is 0. The third-order valence-electron chi connectivity index (χ3n) is 2.12. The molecule has 2 heterocycles. The van der Waals surface area contributed by atoms with Crippen LogP contribution in [0.3, 0.4) is 0 Å². The second kappa shape index (κ2) is 3.10. The monoisotopic (exact) mass is 190 g/mol. The van der Waals surface area contributed by atoms with Crippen LogP contribution in [0.15, 0.2) is 18.6 Å². The van der Waals surface area contributed by atoms with E-state index in [2.05, 4.69) is 10.1 Å². The van der Waals surface area contributed by atoms with E-state index in [1.54, 1.807) is 30.3 Å². The van der Waals surface area contributed by atoms with Crippen LogP contribution in [-0.2, 0) is 7.05 Å². The molecule has 0 saturated carbocycles. The number of carbonyl (C=O) groups excluding carboxylic acids is 1. The van der Waals surface area contributed by atoms with Crippen molar-refractivity contribution in [3.05, 3.63) is 30.0 Å². The molecule has 0 radical (unpaired) electrons. The lowest BCUT2D eigenvalue weighted by molar-refractivity contribution is 0.112. The van der Waals surface area contributed by atoms with Gasteiger partial charge in [0.05, 0.1) is 11.8 Å². The second-order valence-electron chi connectivity index (χ2n) is 3.01. The third-order valence-corrected chi connectivity index (χ3v) is 2.12. The standard InChI is InChI=1S/C9H10N4O/c1-7-10-3-4-13(7)9-8(6-14)5-11-12(9)2/h3-6H,1-2H3. The minimum absolute atomic E-state index is 0.564. The Balaban J connectivity index is 2.66. The van der Waals surface area contributed by atoms with Crippen LogP contribution in [-0.4, -0.2) is 25.6 Å². The van der Waals surface area contributed by atoms with Crippen LogP contribution in [0, 0.1) is 6.92 Å². The van der Waals surface area contributed by atoms with Gasteiger partial charge in [0.15, 0.2) is 6.29 Å². The van der Waals surface area contributed by atoms with Crippen molar-refractivity contribution in [2.45, 2.75) is 6.92 Å². The molecule has 0 N–H and O–H groups in total. The first-order chi connectivity index (χ1) is 6.74. The van der Waals surface area contributed by atoms with E-state index in [0.717, 1.165) is 17.9 Å². The minimum atomic E-state index is 0.564. The number of aldehydes is 1. The minimum Gasteiger partial charge on any atom is -0.298 e. The first-order valence-electron chi connectivity index (χ1n) is 4.21. The van der Waals surface area contributed by atoms with E-state index in [0.29, 0.717) is 5.56 Å². The Morgan fingerprint density at radius 1 is 1.50 bits per heavy atom. The molecule has 72 valence electrons. The van der Waals surface area contributed by atoms with E-state index in [4.69, 9.17) is 0 Å². The van der Waals surface area contributed by atoms with Gasteiger partial charge in [-0.25, -0.2) is 4.98 Å². The summed E-state index contributed by atoms with van der Waals surface area (Å²) in [4.78, 5) is 14.9. The molecule has 0 aromatic carbocycles. The van der Waals surface area contributed by atoms with E-state index < -0.39 is 0 Å². The number of carbonyl (C=O) groups is 1. The predicted molar refractivity (Wildman–Crippen MR) is 50.5 cm³/mol. The average molecular weight is 190 g/mol. The van der Waals surface area contributed by atoms with Crippen LogP contribution in [0.25, 0.3) is 5.82 Å². The number of nitrogens with zero attached hydrogens (tertiary/aromatic N) is 4. The van der Waals surface area contributed by atoms with Crippen LogP contribution < -0.4 is 0 Å². The third kappa shape index (κ3) is 1.14. The first kappa shape index (κ1) is 8.68. The van der Waals surface area contributed by atoms with Crippen molar-refractivity contribution in [1.29, 1.82) is 0 Å². The molecule has 0 fully saturated rings. The Labute approximate surface area is 81.0 Å². The van der Waals surface area contributed by atoms with Crippen molar-refractivity contribution >= 4 is 6.29 Å². The number of aromatic nitrogens is 4. The fourth-order valence-corrected chi connectivity index (χ4v) is 1.43. The molecule has 0 saturated heterocycles. The molecule has 5 nitrogen and oxygen atoms in total. The van der Waals surface area contributed by atoms with Crippen molar-refractivity contribution < 1.29 is 4.79 Å². The number of aryl methyl sites for hydroxylation is 2. The zero-order valence-corrected chi connectivity index (χ0v) is 8.01. The summed E-state index contributed by atoms with van der Waals surface area (Å²) in [6.45, 7) is 1.88. The first-order valence-corrected chi connectivity index (χ1v) is 4.21. The molecule has 0 aliphatic carbocycles. The van der Waals surface area contributed by atoms with E-state index in [-0.39, 0.29) is 0 Å². The fourth-order valence-electron chi connectivity index (χ4n) is 1.43. The molecule has 0 amide bonds. The van der Waals surface area contributed by atoms with Crippen molar-refractivity contribution in [3.8, 4) is 5.82 Å². The Bertz CT molecular complexity index is 469. The molecule has 14 heavy (non-hydrogen) atoms. The molecule has 0 spiro atoms. The van der Waals surface area contributed by atoms with E-state index in [1.165, 1.54) is 0 Å². The highest BCUT2D eigenvalue weighted by Crippen LogP contribution is 2.12. The highest BCUT2D eigenvalue weighted by atomic mass is 16.1. The molecule has 2 aromatic heterocycles. The van der Waals surface area contributed by atoms with Gasteiger partial charge in [0.2, 0.25) is 0 Å². The van der Waals surface area contributed by atoms with Crippen LogP contribution in [0.4, 0.5) is 0 Å². The molecule has 5 heteroatoms. The Morgan fingerprint density at radius 3 is 2.86 bits per heavy atom. The van der Waals surface area contributed by atoms with E-state index in [9.17, 15) is 4.79 Å². The zero-order chi connectivity index (χ0) is 10.1. The smallest absolute Gasteiger partial charge is 0.155 e.